The van der Waals surface area contributed by atoms with Crippen LogP contribution in [0.1, 0.15) is 38.7 Å². The molecule has 144 valence electrons. The summed E-state index contributed by atoms with van der Waals surface area (Å²) in [5.41, 5.74) is 0.200. The van der Waals surface area contributed by atoms with Crippen LogP contribution < -0.4 is 0 Å². The predicted molar refractivity (Wildman–Crippen MR) is 119 cm³/mol. The van der Waals surface area contributed by atoms with Crippen LogP contribution in [0.2, 0.25) is 0 Å². The van der Waals surface area contributed by atoms with Crippen molar-refractivity contribution < 1.29 is 19.1 Å². The second-order valence-corrected chi connectivity index (χ2v) is 9.25. The van der Waals surface area contributed by atoms with Gasteiger partial charge in [0.1, 0.15) is 6.61 Å². The first-order valence-electron chi connectivity index (χ1n) is 8.44. The molecule has 0 aliphatic heterocycles. The molecule has 0 spiro atoms. The number of esters is 2. The van der Waals surface area contributed by atoms with Crippen molar-refractivity contribution in [1.82, 2.24) is 0 Å². The number of hydrogen-bond donors (Lipinski definition) is 0. The van der Waals surface area contributed by atoms with E-state index in [1.165, 1.54) is 6.08 Å². The van der Waals surface area contributed by atoms with Gasteiger partial charge >= 0.3 is 11.9 Å². The highest BCUT2D eigenvalue weighted by atomic mass is 127. The highest BCUT2D eigenvalue weighted by Crippen LogP contribution is 2.33. The number of benzene rings is 1. The van der Waals surface area contributed by atoms with Crippen molar-refractivity contribution in [2.24, 2.45) is 0 Å². The second kappa shape index (κ2) is 12.8. The molecule has 1 aromatic carbocycles. The first-order valence-corrected chi connectivity index (χ1v) is 12.8. The third-order valence-electron chi connectivity index (χ3n) is 3.89. The molecule has 0 radical (unpaired) electrons. The van der Waals surface area contributed by atoms with E-state index in [1.807, 2.05) is 31.2 Å². The number of allylic oxidation sites excluding steroid dienone is 1. The standard InChI is InChI=1S/C19H24BrIO4S/c1-3-24-17(22)10-5-4-6-11-19(2,18(23)25-12-13-26-21)15-8-7-9-16(20)14-15/h5,7-10,14H,3-4,6,11-13H2,1-2H3/b10-5-. The van der Waals surface area contributed by atoms with Crippen molar-refractivity contribution in [3.63, 3.8) is 0 Å². The number of rotatable bonds is 11. The van der Waals surface area contributed by atoms with E-state index in [-0.39, 0.29) is 11.9 Å². The van der Waals surface area contributed by atoms with Crippen LogP contribution in [0.3, 0.4) is 0 Å². The summed E-state index contributed by atoms with van der Waals surface area (Å²) < 4.78 is 11.3. The van der Waals surface area contributed by atoms with Crippen molar-refractivity contribution in [1.29, 1.82) is 0 Å². The highest BCUT2D eigenvalue weighted by molar-refractivity contribution is 14.2. The predicted octanol–water partition coefficient (Wildman–Crippen LogP) is 5.62. The molecule has 26 heavy (non-hydrogen) atoms. The van der Waals surface area contributed by atoms with E-state index in [9.17, 15) is 9.59 Å². The topological polar surface area (TPSA) is 52.6 Å². The third-order valence-corrected chi connectivity index (χ3v) is 6.03. The molecule has 0 N–H and O–H groups in total. The minimum atomic E-state index is -0.725. The maximum Gasteiger partial charge on any atom is 0.330 e. The summed E-state index contributed by atoms with van der Waals surface area (Å²) >= 11 is 5.66. The fourth-order valence-corrected chi connectivity index (χ4v) is 3.55. The Morgan fingerprint density at radius 2 is 2.12 bits per heavy atom. The van der Waals surface area contributed by atoms with E-state index in [0.717, 1.165) is 22.2 Å². The van der Waals surface area contributed by atoms with Crippen LogP contribution in [0.4, 0.5) is 0 Å². The fraction of sp³-hybridized carbons (Fsp3) is 0.474. The van der Waals surface area contributed by atoms with Crippen LogP contribution in [0, 0.1) is 0 Å². The Morgan fingerprint density at radius 1 is 1.35 bits per heavy atom. The zero-order valence-corrected chi connectivity index (χ0v) is 19.6. The summed E-state index contributed by atoms with van der Waals surface area (Å²) in [7, 11) is 1.62. The average molecular weight is 555 g/mol. The van der Waals surface area contributed by atoms with Crippen LogP contribution in [-0.4, -0.2) is 30.9 Å². The van der Waals surface area contributed by atoms with Crippen LogP contribution in [-0.2, 0) is 24.5 Å². The van der Waals surface area contributed by atoms with Gasteiger partial charge in [-0.2, -0.15) is 0 Å². The third kappa shape index (κ3) is 8.00. The molecular formula is C19H24BrIO4S. The molecule has 1 unspecified atom stereocenters. The van der Waals surface area contributed by atoms with Crippen molar-refractivity contribution in [2.75, 3.05) is 19.0 Å². The molecule has 0 heterocycles. The molecule has 0 aromatic heterocycles. The van der Waals surface area contributed by atoms with E-state index in [1.54, 1.807) is 21.9 Å². The van der Waals surface area contributed by atoms with Crippen molar-refractivity contribution in [3.05, 3.63) is 46.5 Å². The smallest absolute Gasteiger partial charge is 0.330 e. The minimum absolute atomic E-state index is 0.213. The Kier molecular flexibility index (Phi) is 11.5. The summed E-state index contributed by atoms with van der Waals surface area (Å²) in [6, 6.07) is 7.77. The normalized spacial score (nSPS) is 13.4. The summed E-state index contributed by atoms with van der Waals surface area (Å²) in [6.07, 6.45) is 5.31. The van der Waals surface area contributed by atoms with E-state index < -0.39 is 5.41 Å². The maximum absolute atomic E-state index is 12.8. The molecule has 1 atom stereocenters. The van der Waals surface area contributed by atoms with Crippen molar-refractivity contribution in [2.45, 2.75) is 38.5 Å². The van der Waals surface area contributed by atoms with Gasteiger partial charge in [0.15, 0.2) is 0 Å². The number of carbonyl (C=O) groups excluding carboxylic acids is 2. The Bertz CT molecular complexity index is 623. The Balaban J connectivity index is 2.78. The van der Waals surface area contributed by atoms with E-state index in [0.29, 0.717) is 26.1 Å². The van der Waals surface area contributed by atoms with E-state index in [2.05, 4.69) is 37.1 Å². The van der Waals surface area contributed by atoms with Gasteiger partial charge in [-0.25, -0.2) is 4.79 Å². The lowest BCUT2D eigenvalue weighted by Gasteiger charge is -2.28. The largest absolute Gasteiger partial charge is 0.464 e. The Hall–Kier alpha value is -0.540. The van der Waals surface area contributed by atoms with Gasteiger partial charge < -0.3 is 9.47 Å². The van der Waals surface area contributed by atoms with Crippen molar-refractivity contribution in [3.8, 4) is 0 Å². The Morgan fingerprint density at radius 3 is 2.77 bits per heavy atom. The second-order valence-electron chi connectivity index (χ2n) is 5.84. The zero-order chi connectivity index (χ0) is 19.4. The van der Waals surface area contributed by atoms with Crippen LogP contribution in [0.25, 0.3) is 0 Å². The van der Waals surface area contributed by atoms with Gasteiger partial charge in [0.25, 0.3) is 0 Å². The monoisotopic (exact) mass is 554 g/mol. The molecule has 4 nitrogen and oxygen atoms in total. The summed E-state index contributed by atoms with van der Waals surface area (Å²) in [5.74, 6) is 0.219. The molecule has 0 saturated heterocycles. The number of unbranched alkanes of at least 4 members (excludes halogenated alkanes) is 1. The van der Waals surface area contributed by atoms with Gasteiger partial charge in [-0.1, -0.05) is 43.1 Å². The highest BCUT2D eigenvalue weighted by Gasteiger charge is 2.36. The minimum Gasteiger partial charge on any atom is -0.464 e. The SMILES string of the molecule is CCOC(=O)/C=C\CCCC(C)(C(=O)OCCSI)c1cccc(Br)c1. The zero-order valence-electron chi connectivity index (χ0n) is 15.0. The van der Waals surface area contributed by atoms with Crippen LogP contribution >= 0.6 is 46.1 Å². The molecule has 0 aliphatic carbocycles. The summed E-state index contributed by atoms with van der Waals surface area (Å²) in [4.78, 5) is 24.1. The number of carbonyl (C=O) groups is 2. The van der Waals surface area contributed by atoms with Gasteiger partial charge in [-0.15, -0.1) is 0 Å². The molecule has 1 aromatic rings. The molecule has 0 aliphatic rings. The summed E-state index contributed by atoms with van der Waals surface area (Å²) in [5, 5.41) is 0. The number of hydrogen-bond acceptors (Lipinski definition) is 5. The van der Waals surface area contributed by atoms with Gasteiger partial charge in [-0.05, 0) is 72.0 Å². The molecule has 0 saturated carbocycles. The van der Waals surface area contributed by atoms with Crippen LogP contribution in [0.15, 0.2) is 40.9 Å². The van der Waals surface area contributed by atoms with Gasteiger partial charge in [0.2, 0.25) is 0 Å². The maximum atomic E-state index is 12.8. The number of halogens is 2. The fourth-order valence-electron chi connectivity index (χ4n) is 2.46. The molecule has 0 amide bonds. The summed E-state index contributed by atoms with van der Waals surface area (Å²) in [6.45, 7) is 4.46. The van der Waals surface area contributed by atoms with Gasteiger partial charge in [0, 0.05) is 16.3 Å². The molecule has 1 rings (SSSR count). The van der Waals surface area contributed by atoms with Gasteiger partial charge in [-0.3, -0.25) is 4.79 Å². The van der Waals surface area contributed by atoms with E-state index >= 15 is 0 Å². The lowest BCUT2D eigenvalue weighted by atomic mass is 9.78. The van der Waals surface area contributed by atoms with Crippen molar-refractivity contribution >= 4 is 58.0 Å². The molecule has 0 bridgehead atoms. The van der Waals surface area contributed by atoms with Crippen LogP contribution in [0.5, 0.6) is 0 Å². The molecule has 0 fully saturated rings. The van der Waals surface area contributed by atoms with E-state index in [4.69, 9.17) is 9.47 Å². The quantitative estimate of drug-likeness (QED) is 0.154. The lowest BCUT2D eigenvalue weighted by Crippen LogP contribution is -2.35. The first kappa shape index (κ1) is 23.5. The molecule has 7 heteroatoms. The lowest BCUT2D eigenvalue weighted by molar-refractivity contribution is -0.149. The number of ether oxygens (including phenoxy) is 2. The Labute approximate surface area is 180 Å². The average Bonchev–Trinajstić information content (AvgIpc) is 2.61. The van der Waals surface area contributed by atoms with Gasteiger partial charge in [0.05, 0.1) is 12.0 Å². The first-order chi connectivity index (χ1) is 12.4. The molecular weight excluding hydrogens is 531 g/mol.